The smallest absolute Gasteiger partial charge is 0.264 e. The molecule has 84 valence electrons. The first-order valence-electron chi connectivity index (χ1n) is 4.99. The van der Waals surface area contributed by atoms with E-state index in [1.54, 1.807) is 6.92 Å². The molecular weight excluding hydrogens is 206 g/mol. The Labute approximate surface area is 93.2 Å². The lowest BCUT2D eigenvalue weighted by molar-refractivity contribution is 0.241. The summed E-state index contributed by atoms with van der Waals surface area (Å²) in [7, 11) is 0. The molecule has 0 radical (unpaired) electrons. The predicted octanol–water partition coefficient (Wildman–Crippen LogP) is 1.42. The van der Waals surface area contributed by atoms with E-state index in [2.05, 4.69) is 10.1 Å². The van der Waals surface area contributed by atoms with E-state index in [4.69, 9.17) is 15.0 Å². The second-order valence-electron chi connectivity index (χ2n) is 3.34. The van der Waals surface area contributed by atoms with E-state index in [0.717, 1.165) is 11.3 Å². The van der Waals surface area contributed by atoms with Crippen LogP contribution in [0.1, 0.15) is 17.3 Å². The lowest BCUT2D eigenvalue weighted by Crippen LogP contribution is -2.02. The maximum Gasteiger partial charge on any atom is 0.264 e. The molecule has 2 aromatic rings. The highest BCUT2D eigenvalue weighted by Crippen LogP contribution is 2.18. The minimum Gasteiger partial charge on any atom is -0.483 e. The Bertz CT molecular complexity index is 468. The number of aryl methyl sites for hydroxylation is 1. The van der Waals surface area contributed by atoms with E-state index in [1.165, 1.54) is 0 Å². The topological polar surface area (TPSA) is 74.2 Å². The van der Waals surface area contributed by atoms with Gasteiger partial charge in [0.15, 0.2) is 12.4 Å². The van der Waals surface area contributed by atoms with Gasteiger partial charge in [0, 0.05) is 12.1 Å². The second-order valence-corrected chi connectivity index (χ2v) is 3.34. The highest BCUT2D eigenvalue weighted by atomic mass is 16.5. The molecule has 0 atom stereocenters. The normalized spacial score (nSPS) is 10.4. The Kier molecular flexibility index (Phi) is 3.16. The monoisotopic (exact) mass is 219 g/mol. The second kappa shape index (κ2) is 4.76. The van der Waals surface area contributed by atoms with Crippen LogP contribution in [0, 0.1) is 6.92 Å². The minimum absolute atomic E-state index is 0.262. The third-order valence-corrected chi connectivity index (χ3v) is 2.11. The van der Waals surface area contributed by atoms with Crippen LogP contribution in [0.3, 0.4) is 0 Å². The fourth-order valence-electron chi connectivity index (χ4n) is 1.35. The molecule has 2 rings (SSSR count). The van der Waals surface area contributed by atoms with Gasteiger partial charge in [0.25, 0.3) is 5.89 Å². The van der Waals surface area contributed by atoms with E-state index in [-0.39, 0.29) is 6.61 Å². The summed E-state index contributed by atoms with van der Waals surface area (Å²) >= 11 is 0. The lowest BCUT2D eigenvalue weighted by atomic mass is 10.2. The van der Waals surface area contributed by atoms with Crippen LogP contribution in [-0.2, 0) is 13.2 Å². The summed E-state index contributed by atoms with van der Waals surface area (Å²) in [5.74, 6) is 1.82. The van der Waals surface area contributed by atoms with E-state index >= 15 is 0 Å². The molecule has 0 fully saturated rings. The van der Waals surface area contributed by atoms with Crippen LogP contribution in [0.25, 0.3) is 0 Å². The number of para-hydroxylation sites is 1. The Balaban J connectivity index is 2.04. The highest BCUT2D eigenvalue weighted by molar-refractivity contribution is 5.32. The van der Waals surface area contributed by atoms with Crippen molar-refractivity contribution >= 4 is 0 Å². The van der Waals surface area contributed by atoms with Crippen molar-refractivity contribution in [2.75, 3.05) is 0 Å². The van der Waals surface area contributed by atoms with Crippen molar-refractivity contribution < 1.29 is 9.26 Å². The van der Waals surface area contributed by atoms with Crippen LogP contribution in [0.15, 0.2) is 28.8 Å². The number of rotatable bonds is 4. The minimum atomic E-state index is 0.262. The predicted molar refractivity (Wildman–Crippen MR) is 57.7 cm³/mol. The summed E-state index contributed by atoms with van der Waals surface area (Å²) in [4.78, 5) is 4.05. The SMILES string of the molecule is Cc1noc(COc2ccccc2CN)n1. The molecule has 1 heterocycles. The van der Waals surface area contributed by atoms with Gasteiger partial charge >= 0.3 is 0 Å². The Morgan fingerprint density at radius 3 is 2.88 bits per heavy atom. The fraction of sp³-hybridized carbons (Fsp3) is 0.273. The molecule has 5 nitrogen and oxygen atoms in total. The lowest BCUT2D eigenvalue weighted by Gasteiger charge is -2.07. The van der Waals surface area contributed by atoms with Crippen LogP contribution in [-0.4, -0.2) is 10.1 Å². The first kappa shape index (κ1) is 10.6. The van der Waals surface area contributed by atoms with Crippen molar-refractivity contribution in [2.24, 2.45) is 5.73 Å². The fourth-order valence-corrected chi connectivity index (χ4v) is 1.35. The standard InChI is InChI=1S/C11H13N3O2/c1-8-13-11(16-14-8)7-15-10-5-3-2-4-9(10)6-12/h2-5H,6-7,12H2,1H3. The Morgan fingerprint density at radius 2 is 2.19 bits per heavy atom. The summed E-state index contributed by atoms with van der Waals surface area (Å²) in [5, 5.41) is 3.68. The zero-order chi connectivity index (χ0) is 11.4. The summed E-state index contributed by atoms with van der Waals surface area (Å²) in [6, 6.07) is 7.61. The number of nitrogens with zero attached hydrogens (tertiary/aromatic N) is 2. The molecule has 0 amide bonds. The molecule has 0 aliphatic heterocycles. The third kappa shape index (κ3) is 2.38. The van der Waals surface area contributed by atoms with Crippen LogP contribution < -0.4 is 10.5 Å². The van der Waals surface area contributed by atoms with E-state index < -0.39 is 0 Å². The number of hydrogen-bond acceptors (Lipinski definition) is 5. The first-order chi connectivity index (χ1) is 7.79. The Hall–Kier alpha value is -1.88. The van der Waals surface area contributed by atoms with Crippen molar-refractivity contribution in [3.8, 4) is 5.75 Å². The summed E-state index contributed by atoms with van der Waals surface area (Å²) < 4.78 is 10.5. The summed E-state index contributed by atoms with van der Waals surface area (Å²) in [6.45, 7) is 2.47. The van der Waals surface area contributed by atoms with Gasteiger partial charge in [0.1, 0.15) is 5.75 Å². The molecule has 0 bridgehead atoms. The van der Waals surface area contributed by atoms with E-state index in [0.29, 0.717) is 18.3 Å². The number of hydrogen-bond donors (Lipinski definition) is 1. The van der Waals surface area contributed by atoms with Crippen molar-refractivity contribution in [3.63, 3.8) is 0 Å². The molecule has 0 spiro atoms. The van der Waals surface area contributed by atoms with E-state index in [1.807, 2.05) is 24.3 Å². The molecule has 5 heteroatoms. The Morgan fingerprint density at radius 1 is 1.38 bits per heavy atom. The molecule has 0 aliphatic carbocycles. The zero-order valence-electron chi connectivity index (χ0n) is 9.01. The third-order valence-electron chi connectivity index (χ3n) is 2.11. The van der Waals surface area contributed by atoms with Crippen molar-refractivity contribution in [1.29, 1.82) is 0 Å². The average Bonchev–Trinajstić information content (AvgIpc) is 2.73. The van der Waals surface area contributed by atoms with Gasteiger partial charge in [0.05, 0.1) is 0 Å². The van der Waals surface area contributed by atoms with Gasteiger partial charge < -0.3 is 15.0 Å². The number of aromatic nitrogens is 2. The van der Waals surface area contributed by atoms with Gasteiger partial charge in [-0.3, -0.25) is 0 Å². The van der Waals surface area contributed by atoms with Crippen LogP contribution in [0.2, 0.25) is 0 Å². The van der Waals surface area contributed by atoms with Gasteiger partial charge in [-0.1, -0.05) is 23.4 Å². The molecule has 2 N–H and O–H groups in total. The molecule has 0 aliphatic rings. The highest BCUT2D eigenvalue weighted by Gasteiger charge is 2.05. The molecular formula is C11H13N3O2. The molecule has 0 saturated carbocycles. The van der Waals surface area contributed by atoms with Crippen LogP contribution >= 0.6 is 0 Å². The van der Waals surface area contributed by atoms with Crippen molar-refractivity contribution in [1.82, 2.24) is 10.1 Å². The quantitative estimate of drug-likeness (QED) is 0.841. The van der Waals surface area contributed by atoms with Gasteiger partial charge in [-0.25, -0.2) is 0 Å². The zero-order valence-corrected chi connectivity index (χ0v) is 9.01. The summed E-state index contributed by atoms with van der Waals surface area (Å²) in [6.07, 6.45) is 0. The maximum absolute atomic E-state index is 5.59. The maximum atomic E-state index is 5.59. The number of nitrogens with two attached hydrogens (primary N) is 1. The molecule has 16 heavy (non-hydrogen) atoms. The van der Waals surface area contributed by atoms with E-state index in [9.17, 15) is 0 Å². The van der Waals surface area contributed by atoms with Gasteiger partial charge in [-0.15, -0.1) is 0 Å². The van der Waals surface area contributed by atoms with Crippen LogP contribution in [0.4, 0.5) is 0 Å². The van der Waals surface area contributed by atoms with Crippen molar-refractivity contribution in [2.45, 2.75) is 20.1 Å². The molecule has 0 unspecified atom stereocenters. The van der Waals surface area contributed by atoms with Crippen LogP contribution in [0.5, 0.6) is 5.75 Å². The largest absolute Gasteiger partial charge is 0.483 e. The average molecular weight is 219 g/mol. The van der Waals surface area contributed by atoms with Gasteiger partial charge in [-0.05, 0) is 13.0 Å². The summed E-state index contributed by atoms with van der Waals surface area (Å²) in [5.41, 5.74) is 6.55. The number of ether oxygens (including phenoxy) is 1. The van der Waals surface area contributed by atoms with Gasteiger partial charge in [-0.2, -0.15) is 4.98 Å². The first-order valence-corrected chi connectivity index (χ1v) is 4.99. The number of benzene rings is 1. The van der Waals surface area contributed by atoms with Crippen molar-refractivity contribution in [3.05, 3.63) is 41.5 Å². The molecule has 1 aromatic heterocycles. The molecule has 0 saturated heterocycles. The molecule has 1 aromatic carbocycles. The van der Waals surface area contributed by atoms with Gasteiger partial charge in [0.2, 0.25) is 0 Å².